The number of hydrogen-bond donors (Lipinski definition) is 0. The Balaban J connectivity index is 2.62. The maximum atomic E-state index is 12.9. The average molecular weight is 243 g/mol. The Labute approximate surface area is 83.7 Å². The summed E-state index contributed by atoms with van der Waals surface area (Å²) in [5, 5.41) is 0.933. The fourth-order valence-corrected chi connectivity index (χ4v) is 1.56. The van der Waals surface area contributed by atoms with Crippen molar-refractivity contribution in [1.82, 2.24) is 0 Å². The molecule has 0 bridgehead atoms. The van der Waals surface area contributed by atoms with E-state index in [2.05, 4.69) is 15.9 Å². The highest BCUT2D eigenvalue weighted by atomic mass is 79.9. The van der Waals surface area contributed by atoms with Crippen LogP contribution in [0.2, 0.25) is 0 Å². The van der Waals surface area contributed by atoms with E-state index in [9.17, 15) is 4.39 Å². The van der Waals surface area contributed by atoms with E-state index < -0.39 is 6.17 Å². The third kappa shape index (κ3) is 1.61. The molecule has 0 saturated heterocycles. The van der Waals surface area contributed by atoms with E-state index in [4.69, 9.17) is 4.42 Å². The summed E-state index contributed by atoms with van der Waals surface area (Å²) < 4.78 is 19.1. The molecule has 0 saturated carbocycles. The lowest BCUT2D eigenvalue weighted by molar-refractivity contribution is 0.317. The molecule has 0 spiro atoms. The first-order valence-corrected chi connectivity index (χ1v) is 4.79. The lowest BCUT2D eigenvalue weighted by Gasteiger charge is -1.92. The minimum atomic E-state index is -1.05. The molecule has 0 aliphatic heterocycles. The van der Waals surface area contributed by atoms with Gasteiger partial charge in [-0.3, -0.25) is 0 Å². The second kappa shape index (κ2) is 3.14. The monoisotopic (exact) mass is 242 g/mol. The van der Waals surface area contributed by atoms with Crippen LogP contribution in [0, 0.1) is 0 Å². The molecule has 1 aromatic carbocycles. The highest BCUT2D eigenvalue weighted by molar-refractivity contribution is 9.10. The van der Waals surface area contributed by atoms with Crippen LogP contribution >= 0.6 is 15.9 Å². The van der Waals surface area contributed by atoms with Crippen LogP contribution in [0.25, 0.3) is 11.0 Å². The number of furan rings is 1. The van der Waals surface area contributed by atoms with Crippen molar-refractivity contribution in [3.63, 3.8) is 0 Å². The van der Waals surface area contributed by atoms with Gasteiger partial charge in [-0.05, 0) is 31.2 Å². The van der Waals surface area contributed by atoms with Gasteiger partial charge in [-0.2, -0.15) is 0 Å². The minimum absolute atomic E-state index is 0.383. The van der Waals surface area contributed by atoms with Gasteiger partial charge in [0, 0.05) is 9.86 Å². The number of alkyl halides is 1. The zero-order valence-corrected chi connectivity index (χ0v) is 8.64. The molecule has 1 heterocycles. The summed E-state index contributed by atoms with van der Waals surface area (Å²) in [6.07, 6.45) is -1.05. The number of rotatable bonds is 1. The number of halogens is 2. The van der Waals surface area contributed by atoms with Gasteiger partial charge in [-0.15, -0.1) is 0 Å². The Morgan fingerprint density at radius 3 is 2.85 bits per heavy atom. The fourth-order valence-electron chi connectivity index (χ4n) is 1.22. The summed E-state index contributed by atoms with van der Waals surface area (Å²) in [5.41, 5.74) is 0.717. The first-order valence-electron chi connectivity index (χ1n) is 4.00. The van der Waals surface area contributed by atoms with Crippen molar-refractivity contribution in [2.75, 3.05) is 0 Å². The van der Waals surface area contributed by atoms with Gasteiger partial charge < -0.3 is 4.42 Å². The van der Waals surface area contributed by atoms with Crippen molar-refractivity contribution >= 4 is 26.9 Å². The Kier molecular flexibility index (Phi) is 2.12. The lowest BCUT2D eigenvalue weighted by atomic mass is 10.2. The molecular formula is C10H8BrFO. The van der Waals surface area contributed by atoms with Gasteiger partial charge in [-0.1, -0.05) is 15.9 Å². The van der Waals surface area contributed by atoms with Crippen molar-refractivity contribution in [3.05, 3.63) is 34.5 Å². The average Bonchev–Trinajstić information content (AvgIpc) is 2.46. The van der Waals surface area contributed by atoms with E-state index in [0.717, 1.165) is 9.86 Å². The summed E-state index contributed by atoms with van der Waals surface area (Å²) in [6, 6.07) is 7.37. The molecule has 1 atom stereocenters. The minimum Gasteiger partial charge on any atom is -0.458 e. The summed E-state index contributed by atoms with van der Waals surface area (Å²) in [7, 11) is 0. The SMILES string of the molecule is CC(F)c1cc2ccc(Br)cc2o1. The third-order valence-corrected chi connectivity index (χ3v) is 2.39. The highest BCUT2D eigenvalue weighted by Crippen LogP contribution is 2.27. The van der Waals surface area contributed by atoms with E-state index in [-0.39, 0.29) is 0 Å². The maximum absolute atomic E-state index is 12.9. The van der Waals surface area contributed by atoms with Crippen molar-refractivity contribution in [2.24, 2.45) is 0 Å². The molecule has 13 heavy (non-hydrogen) atoms. The van der Waals surface area contributed by atoms with Crippen LogP contribution in [0.5, 0.6) is 0 Å². The van der Waals surface area contributed by atoms with Crippen molar-refractivity contribution in [1.29, 1.82) is 0 Å². The zero-order chi connectivity index (χ0) is 9.42. The zero-order valence-electron chi connectivity index (χ0n) is 7.05. The van der Waals surface area contributed by atoms with Crippen LogP contribution in [0.1, 0.15) is 18.9 Å². The topological polar surface area (TPSA) is 13.1 Å². The molecule has 1 unspecified atom stereocenters. The smallest absolute Gasteiger partial charge is 0.155 e. The summed E-state index contributed by atoms with van der Waals surface area (Å²) >= 11 is 3.32. The molecule has 0 amide bonds. The van der Waals surface area contributed by atoms with Crippen molar-refractivity contribution < 1.29 is 8.81 Å². The number of fused-ring (bicyclic) bond motifs is 1. The second-order valence-corrected chi connectivity index (χ2v) is 3.86. The predicted molar refractivity (Wildman–Crippen MR) is 53.4 cm³/mol. The lowest BCUT2D eigenvalue weighted by Crippen LogP contribution is -1.77. The number of benzene rings is 1. The van der Waals surface area contributed by atoms with E-state index in [1.807, 2.05) is 18.2 Å². The van der Waals surface area contributed by atoms with Crippen molar-refractivity contribution in [2.45, 2.75) is 13.1 Å². The van der Waals surface area contributed by atoms with Gasteiger partial charge in [0.25, 0.3) is 0 Å². The largest absolute Gasteiger partial charge is 0.458 e. The Morgan fingerprint density at radius 1 is 1.38 bits per heavy atom. The van der Waals surface area contributed by atoms with Gasteiger partial charge in [0.15, 0.2) is 6.17 Å². The Bertz CT molecular complexity index is 433. The first-order chi connectivity index (χ1) is 6.16. The van der Waals surface area contributed by atoms with Crippen LogP contribution in [0.15, 0.2) is 33.2 Å². The molecular weight excluding hydrogens is 235 g/mol. The molecule has 0 N–H and O–H groups in total. The van der Waals surface area contributed by atoms with Gasteiger partial charge in [0.1, 0.15) is 11.3 Å². The number of hydrogen-bond acceptors (Lipinski definition) is 1. The molecule has 0 aliphatic carbocycles. The van der Waals surface area contributed by atoms with Gasteiger partial charge in [0.05, 0.1) is 0 Å². The molecule has 1 nitrogen and oxygen atoms in total. The van der Waals surface area contributed by atoms with Crippen LogP contribution < -0.4 is 0 Å². The standard InChI is InChI=1S/C10H8BrFO/c1-6(12)9-4-7-2-3-8(11)5-10(7)13-9/h2-6H,1H3. The van der Waals surface area contributed by atoms with Crippen LogP contribution in [-0.2, 0) is 0 Å². The summed E-state index contributed by atoms with van der Waals surface area (Å²) in [4.78, 5) is 0. The Hall–Kier alpha value is -0.830. The van der Waals surface area contributed by atoms with Crippen LogP contribution in [0.4, 0.5) is 4.39 Å². The molecule has 0 radical (unpaired) electrons. The van der Waals surface area contributed by atoms with Gasteiger partial charge in [-0.25, -0.2) is 4.39 Å². The molecule has 2 rings (SSSR count). The van der Waals surface area contributed by atoms with E-state index in [0.29, 0.717) is 11.3 Å². The highest BCUT2D eigenvalue weighted by Gasteiger charge is 2.09. The first kappa shape index (κ1) is 8.75. The van der Waals surface area contributed by atoms with E-state index in [1.165, 1.54) is 6.92 Å². The molecule has 1 aromatic heterocycles. The van der Waals surface area contributed by atoms with Gasteiger partial charge in [0.2, 0.25) is 0 Å². The molecule has 0 aliphatic rings. The normalized spacial score (nSPS) is 13.5. The molecule has 68 valence electrons. The van der Waals surface area contributed by atoms with Crippen LogP contribution in [0.3, 0.4) is 0 Å². The summed E-state index contributed by atoms with van der Waals surface area (Å²) in [5.74, 6) is 0.383. The third-order valence-electron chi connectivity index (χ3n) is 1.89. The summed E-state index contributed by atoms with van der Waals surface area (Å²) in [6.45, 7) is 1.47. The maximum Gasteiger partial charge on any atom is 0.155 e. The fraction of sp³-hybridized carbons (Fsp3) is 0.200. The molecule has 2 aromatic rings. The van der Waals surface area contributed by atoms with E-state index >= 15 is 0 Å². The molecule has 3 heteroatoms. The quantitative estimate of drug-likeness (QED) is 0.730. The predicted octanol–water partition coefficient (Wildman–Crippen LogP) is 4.23. The second-order valence-electron chi connectivity index (χ2n) is 2.95. The Morgan fingerprint density at radius 2 is 2.15 bits per heavy atom. The molecule has 0 fully saturated rings. The van der Waals surface area contributed by atoms with Crippen molar-refractivity contribution in [3.8, 4) is 0 Å². The van der Waals surface area contributed by atoms with E-state index in [1.54, 1.807) is 6.07 Å². The van der Waals surface area contributed by atoms with Gasteiger partial charge >= 0.3 is 0 Å². The van der Waals surface area contributed by atoms with Crippen LogP contribution in [-0.4, -0.2) is 0 Å².